The van der Waals surface area contributed by atoms with Gasteiger partial charge in [-0.25, -0.2) is 13.4 Å². The Balaban J connectivity index is 1.32. The molecule has 198 valence electrons. The predicted molar refractivity (Wildman–Crippen MR) is 156 cm³/mol. The van der Waals surface area contributed by atoms with Gasteiger partial charge in [0.15, 0.2) is 5.13 Å². The highest BCUT2D eigenvalue weighted by Gasteiger charge is 2.29. The molecule has 0 radical (unpaired) electrons. The first-order valence-corrected chi connectivity index (χ1v) is 15.9. The monoisotopic (exact) mass is 575 g/mol. The first kappa shape index (κ1) is 25.7. The van der Waals surface area contributed by atoms with Gasteiger partial charge in [-0.3, -0.25) is 14.0 Å². The predicted octanol–water partition coefficient (Wildman–Crippen LogP) is 6.60. The van der Waals surface area contributed by atoms with Crippen molar-refractivity contribution in [1.29, 1.82) is 0 Å². The zero-order valence-corrected chi connectivity index (χ0v) is 23.6. The largest absolute Gasteiger partial charge is 0.467 e. The van der Waals surface area contributed by atoms with E-state index < -0.39 is 10.0 Å². The number of aryl methyl sites for hydroxylation is 1. The molecule has 0 bridgehead atoms. The Hall–Kier alpha value is -3.60. The molecule has 1 amide bonds. The number of anilines is 2. The molecule has 7 nitrogen and oxygen atoms in total. The van der Waals surface area contributed by atoms with Crippen molar-refractivity contribution in [3.63, 3.8) is 0 Å². The van der Waals surface area contributed by atoms with Crippen molar-refractivity contribution < 1.29 is 17.6 Å². The maximum absolute atomic E-state index is 13.8. The number of furan rings is 1. The molecule has 3 heterocycles. The van der Waals surface area contributed by atoms with Crippen molar-refractivity contribution in [3.8, 4) is 0 Å². The summed E-state index contributed by atoms with van der Waals surface area (Å²) in [4.78, 5) is 21.4. The van der Waals surface area contributed by atoms with Gasteiger partial charge >= 0.3 is 0 Å². The van der Waals surface area contributed by atoms with Crippen LogP contribution >= 0.6 is 23.1 Å². The molecule has 0 saturated heterocycles. The van der Waals surface area contributed by atoms with Crippen molar-refractivity contribution in [1.82, 2.24) is 4.98 Å². The Morgan fingerprint density at radius 3 is 2.67 bits per heavy atom. The molecular formula is C29H25N3O4S3. The van der Waals surface area contributed by atoms with E-state index >= 15 is 0 Å². The van der Waals surface area contributed by atoms with Crippen LogP contribution < -0.4 is 9.21 Å². The van der Waals surface area contributed by atoms with Crippen LogP contribution in [0.1, 0.15) is 28.1 Å². The molecule has 0 aliphatic carbocycles. The van der Waals surface area contributed by atoms with E-state index in [1.807, 2.05) is 48.7 Å². The zero-order valence-electron chi connectivity index (χ0n) is 21.1. The van der Waals surface area contributed by atoms with Gasteiger partial charge in [-0.05, 0) is 85.3 Å². The summed E-state index contributed by atoms with van der Waals surface area (Å²) in [5.41, 5.74) is 2.92. The van der Waals surface area contributed by atoms with Gasteiger partial charge in [0.2, 0.25) is 0 Å². The maximum Gasteiger partial charge on any atom is 0.264 e. The number of fused-ring (bicyclic) bond motifs is 2. The van der Waals surface area contributed by atoms with Crippen LogP contribution in [0.25, 0.3) is 10.2 Å². The van der Waals surface area contributed by atoms with Gasteiger partial charge in [0.1, 0.15) is 5.76 Å². The molecule has 0 N–H and O–H groups in total. The fraction of sp³-hybridized carbons (Fsp3) is 0.172. The zero-order chi connectivity index (χ0) is 27.0. The number of carbonyl (C=O) groups excluding carboxylic acids is 1. The number of carbonyl (C=O) groups is 1. The number of hydrogen-bond donors (Lipinski definition) is 0. The average Bonchev–Trinajstić information content (AvgIpc) is 3.64. The second kappa shape index (κ2) is 10.5. The number of thioether (sulfide) groups is 1. The summed E-state index contributed by atoms with van der Waals surface area (Å²) < 4.78 is 35.1. The van der Waals surface area contributed by atoms with Gasteiger partial charge in [0.25, 0.3) is 15.9 Å². The number of benzene rings is 3. The van der Waals surface area contributed by atoms with E-state index in [-0.39, 0.29) is 17.3 Å². The Labute approximate surface area is 235 Å². The molecule has 5 aromatic rings. The van der Waals surface area contributed by atoms with Crippen LogP contribution in [0.2, 0.25) is 0 Å². The van der Waals surface area contributed by atoms with E-state index in [0.717, 1.165) is 33.5 Å². The third-order valence-corrected chi connectivity index (χ3v) is 10.3. The molecule has 0 atom stereocenters. The lowest BCUT2D eigenvalue weighted by atomic mass is 10.0. The highest BCUT2D eigenvalue weighted by molar-refractivity contribution is 7.98. The third kappa shape index (κ3) is 4.95. The molecule has 10 heteroatoms. The van der Waals surface area contributed by atoms with E-state index in [1.165, 1.54) is 27.8 Å². The number of sulfonamides is 1. The fourth-order valence-electron chi connectivity index (χ4n) is 4.72. The Morgan fingerprint density at radius 2 is 1.90 bits per heavy atom. The van der Waals surface area contributed by atoms with E-state index in [1.54, 1.807) is 41.1 Å². The van der Waals surface area contributed by atoms with Gasteiger partial charge in [-0.1, -0.05) is 29.5 Å². The molecule has 0 saturated carbocycles. The van der Waals surface area contributed by atoms with Gasteiger partial charge < -0.3 is 4.42 Å². The third-order valence-electron chi connectivity index (χ3n) is 6.71. The van der Waals surface area contributed by atoms with Crippen molar-refractivity contribution in [2.75, 3.05) is 22.0 Å². The number of hydrogen-bond acceptors (Lipinski definition) is 7. The van der Waals surface area contributed by atoms with Crippen molar-refractivity contribution in [3.05, 3.63) is 102 Å². The van der Waals surface area contributed by atoms with Crippen LogP contribution in [0.4, 0.5) is 10.8 Å². The number of aromatic nitrogens is 1. The Bertz CT molecular complexity index is 1750. The molecule has 2 aromatic heterocycles. The normalized spacial score (nSPS) is 13.4. The van der Waals surface area contributed by atoms with Crippen LogP contribution in [-0.4, -0.2) is 32.1 Å². The first-order chi connectivity index (χ1) is 18.9. The fourth-order valence-corrected chi connectivity index (χ4v) is 7.78. The average molecular weight is 576 g/mol. The molecule has 0 fully saturated rings. The van der Waals surface area contributed by atoms with Crippen LogP contribution in [0, 0.1) is 0 Å². The minimum atomic E-state index is -3.77. The lowest BCUT2D eigenvalue weighted by Gasteiger charge is -2.30. The standard InChI is InChI=1S/C29H25N3O4S3/c1-37-23-12-15-25-27(18-23)38-29(30-25)31(19-22-8-5-17-36-22)28(33)21-10-13-24(14-11-21)39(34,35)32-16-4-7-20-6-2-3-9-26(20)32/h2-3,5-6,8-15,17-18H,4,7,16,19H2,1H3. The first-order valence-electron chi connectivity index (χ1n) is 12.4. The number of amides is 1. The molecular weight excluding hydrogens is 551 g/mol. The number of para-hydroxylation sites is 1. The van der Waals surface area contributed by atoms with Gasteiger partial charge in [-0.15, -0.1) is 11.8 Å². The van der Waals surface area contributed by atoms with E-state index in [9.17, 15) is 13.2 Å². The highest BCUT2D eigenvalue weighted by atomic mass is 32.2. The number of nitrogens with zero attached hydrogens (tertiary/aromatic N) is 3. The smallest absolute Gasteiger partial charge is 0.264 e. The summed E-state index contributed by atoms with van der Waals surface area (Å²) in [7, 11) is -3.77. The number of thiazole rings is 1. The molecule has 0 spiro atoms. The summed E-state index contributed by atoms with van der Waals surface area (Å²) >= 11 is 3.08. The summed E-state index contributed by atoms with van der Waals surface area (Å²) in [5, 5.41) is 0.547. The van der Waals surface area contributed by atoms with Gasteiger partial charge in [0.05, 0.1) is 33.6 Å². The SMILES string of the molecule is CSc1ccc2nc(N(Cc3ccco3)C(=O)c3ccc(S(=O)(=O)N4CCCc5ccccc54)cc3)sc2c1. The van der Waals surface area contributed by atoms with E-state index in [4.69, 9.17) is 9.40 Å². The van der Waals surface area contributed by atoms with Crippen LogP contribution in [0.15, 0.2) is 99.3 Å². The Morgan fingerprint density at radius 1 is 1.08 bits per heavy atom. The maximum atomic E-state index is 13.8. The minimum Gasteiger partial charge on any atom is -0.467 e. The molecule has 1 aliphatic rings. The minimum absolute atomic E-state index is 0.151. The van der Waals surface area contributed by atoms with Crippen LogP contribution in [0.3, 0.4) is 0 Å². The molecule has 0 unspecified atom stereocenters. The second-order valence-electron chi connectivity index (χ2n) is 9.13. The topological polar surface area (TPSA) is 83.7 Å². The van der Waals surface area contributed by atoms with E-state index in [0.29, 0.717) is 28.7 Å². The summed E-state index contributed by atoms with van der Waals surface area (Å²) in [5.74, 6) is 0.332. The second-order valence-corrected chi connectivity index (χ2v) is 12.9. The van der Waals surface area contributed by atoms with E-state index in [2.05, 4.69) is 6.07 Å². The highest BCUT2D eigenvalue weighted by Crippen LogP contribution is 2.34. The van der Waals surface area contributed by atoms with Crippen molar-refractivity contribution >= 4 is 60.1 Å². The molecule has 1 aliphatic heterocycles. The number of rotatable bonds is 7. The summed E-state index contributed by atoms with van der Waals surface area (Å²) in [6.45, 7) is 0.623. The van der Waals surface area contributed by atoms with Crippen LogP contribution in [-0.2, 0) is 23.0 Å². The molecule has 3 aromatic carbocycles. The lowest BCUT2D eigenvalue weighted by Crippen LogP contribution is -2.35. The summed E-state index contributed by atoms with van der Waals surface area (Å²) in [6, 6.07) is 23.4. The quantitative estimate of drug-likeness (QED) is 0.203. The summed E-state index contributed by atoms with van der Waals surface area (Å²) in [6.07, 6.45) is 5.20. The van der Waals surface area contributed by atoms with Crippen molar-refractivity contribution in [2.24, 2.45) is 0 Å². The molecule has 39 heavy (non-hydrogen) atoms. The van der Waals surface area contributed by atoms with Crippen LogP contribution in [0.5, 0.6) is 0 Å². The molecule has 6 rings (SSSR count). The van der Waals surface area contributed by atoms with Crippen molar-refractivity contribution in [2.45, 2.75) is 29.2 Å². The lowest BCUT2D eigenvalue weighted by molar-refractivity contribution is 0.0983. The van der Waals surface area contributed by atoms with Gasteiger partial charge in [-0.2, -0.15) is 0 Å². The Kier molecular flexibility index (Phi) is 6.92. The van der Waals surface area contributed by atoms with Gasteiger partial charge in [0, 0.05) is 17.0 Å².